The number of rotatable bonds is 2. The van der Waals surface area contributed by atoms with E-state index < -0.39 is 23.5 Å². The van der Waals surface area contributed by atoms with Crippen LogP contribution < -0.4 is 11.5 Å². The van der Waals surface area contributed by atoms with Gasteiger partial charge >= 0.3 is 12.4 Å². The largest absolute Gasteiger partial charge is 0.416 e. The van der Waals surface area contributed by atoms with Gasteiger partial charge in [0, 0.05) is 11.4 Å². The Morgan fingerprint density at radius 1 is 0.533 bits per heavy atom. The number of halogens is 6. The van der Waals surface area contributed by atoms with E-state index in [1.165, 1.54) is 12.1 Å². The number of nitrogen functional groups attached to an aromatic ring is 2. The smallest absolute Gasteiger partial charge is 0.399 e. The molecule has 0 atom stereocenters. The molecule has 0 heterocycles. The van der Waals surface area contributed by atoms with Crippen molar-refractivity contribution in [3.05, 3.63) is 70.8 Å². The van der Waals surface area contributed by atoms with Crippen LogP contribution in [0.5, 0.6) is 0 Å². The van der Waals surface area contributed by atoms with E-state index in [1.807, 2.05) is 0 Å². The minimum absolute atomic E-state index is 0.0355. The first-order valence-electron chi connectivity index (χ1n) is 8.83. The van der Waals surface area contributed by atoms with E-state index in [1.54, 1.807) is 26.0 Å². The van der Waals surface area contributed by atoms with Gasteiger partial charge in [-0.1, -0.05) is 12.1 Å². The molecule has 0 fully saturated rings. The summed E-state index contributed by atoms with van der Waals surface area (Å²) in [5.41, 5.74) is 12.2. The highest BCUT2D eigenvalue weighted by molar-refractivity contribution is 5.79. The quantitative estimate of drug-likeness (QED) is 0.350. The van der Waals surface area contributed by atoms with Crippen LogP contribution in [0.3, 0.4) is 0 Å². The van der Waals surface area contributed by atoms with Crippen LogP contribution in [0, 0.1) is 13.8 Å². The summed E-state index contributed by atoms with van der Waals surface area (Å²) in [6.07, 6.45) is -9.11. The summed E-state index contributed by atoms with van der Waals surface area (Å²) >= 11 is 0. The van der Waals surface area contributed by atoms with Crippen LogP contribution in [0.1, 0.15) is 22.3 Å². The van der Waals surface area contributed by atoms with Gasteiger partial charge in [-0.2, -0.15) is 26.3 Å². The van der Waals surface area contributed by atoms with Crippen molar-refractivity contribution in [2.24, 2.45) is 0 Å². The first-order chi connectivity index (χ1) is 13.8. The molecule has 0 aliphatic rings. The molecule has 0 spiro atoms. The first kappa shape index (κ1) is 21.5. The summed E-state index contributed by atoms with van der Waals surface area (Å²) in [6.45, 7) is 3.34. The fourth-order valence-electron chi connectivity index (χ4n) is 3.38. The van der Waals surface area contributed by atoms with Gasteiger partial charge in [0.05, 0.1) is 11.1 Å². The number of anilines is 2. The molecule has 0 aromatic heterocycles. The van der Waals surface area contributed by atoms with Gasteiger partial charge < -0.3 is 11.5 Å². The summed E-state index contributed by atoms with van der Waals surface area (Å²) in [5, 5.41) is 0. The van der Waals surface area contributed by atoms with Crippen LogP contribution in [0.2, 0.25) is 0 Å². The molecule has 0 saturated heterocycles. The van der Waals surface area contributed by atoms with Crippen LogP contribution in [-0.2, 0) is 12.4 Å². The minimum Gasteiger partial charge on any atom is -0.399 e. The van der Waals surface area contributed by atoms with E-state index in [9.17, 15) is 26.3 Å². The molecule has 0 amide bonds. The molecule has 0 aliphatic carbocycles. The van der Waals surface area contributed by atoms with Gasteiger partial charge in [-0.05, 0) is 83.6 Å². The molecule has 30 heavy (non-hydrogen) atoms. The van der Waals surface area contributed by atoms with E-state index >= 15 is 0 Å². The van der Waals surface area contributed by atoms with Crippen LogP contribution >= 0.6 is 0 Å². The zero-order valence-electron chi connectivity index (χ0n) is 16.0. The third kappa shape index (κ3) is 4.37. The Kier molecular flexibility index (Phi) is 5.22. The number of hydrogen-bond donors (Lipinski definition) is 2. The predicted octanol–water partition coefficient (Wildman–Crippen LogP) is 6.84. The van der Waals surface area contributed by atoms with Crippen molar-refractivity contribution in [3.63, 3.8) is 0 Å². The Hall–Kier alpha value is -3.16. The molecular formula is C22H18F6N2. The lowest BCUT2D eigenvalue weighted by Gasteiger charge is -2.16. The van der Waals surface area contributed by atoms with Gasteiger partial charge in [0.25, 0.3) is 0 Å². The molecule has 158 valence electrons. The maximum Gasteiger partial charge on any atom is 0.416 e. The molecule has 3 aromatic carbocycles. The number of nitrogens with two attached hydrogens (primary N) is 2. The maximum absolute atomic E-state index is 13.1. The third-order valence-corrected chi connectivity index (χ3v) is 4.76. The molecule has 2 nitrogen and oxygen atoms in total. The van der Waals surface area contributed by atoms with Gasteiger partial charge in [-0.3, -0.25) is 0 Å². The third-order valence-electron chi connectivity index (χ3n) is 4.76. The van der Waals surface area contributed by atoms with Crippen LogP contribution in [0.15, 0.2) is 48.5 Å². The number of hydrogen-bond acceptors (Lipinski definition) is 2. The summed E-state index contributed by atoms with van der Waals surface area (Å²) in [5.74, 6) is 0. The van der Waals surface area contributed by atoms with Gasteiger partial charge in [-0.25, -0.2) is 0 Å². The van der Waals surface area contributed by atoms with Crippen molar-refractivity contribution in [3.8, 4) is 22.3 Å². The molecular weight excluding hydrogens is 406 g/mol. The zero-order chi connectivity index (χ0) is 22.4. The summed E-state index contributed by atoms with van der Waals surface area (Å²) in [6, 6.07) is 9.83. The van der Waals surface area contributed by atoms with Crippen molar-refractivity contribution < 1.29 is 26.3 Å². The van der Waals surface area contributed by atoms with Gasteiger partial charge in [0.1, 0.15) is 0 Å². The van der Waals surface area contributed by atoms with Crippen molar-refractivity contribution in [2.75, 3.05) is 11.5 Å². The Morgan fingerprint density at radius 2 is 0.867 bits per heavy atom. The maximum atomic E-state index is 13.1. The minimum atomic E-state index is -4.55. The lowest BCUT2D eigenvalue weighted by atomic mass is 9.90. The highest BCUT2D eigenvalue weighted by Gasteiger charge is 2.32. The normalized spacial score (nSPS) is 12.3. The summed E-state index contributed by atoms with van der Waals surface area (Å²) in [4.78, 5) is 0. The molecule has 0 aliphatic heterocycles. The highest BCUT2D eigenvalue weighted by atomic mass is 19.4. The lowest BCUT2D eigenvalue weighted by Crippen LogP contribution is -2.06. The molecule has 4 N–H and O–H groups in total. The van der Waals surface area contributed by atoms with Crippen molar-refractivity contribution in [1.29, 1.82) is 0 Å². The zero-order valence-corrected chi connectivity index (χ0v) is 16.0. The van der Waals surface area contributed by atoms with Gasteiger partial charge in [0.15, 0.2) is 0 Å². The second-order valence-electron chi connectivity index (χ2n) is 7.16. The van der Waals surface area contributed by atoms with E-state index in [0.29, 0.717) is 22.3 Å². The second kappa shape index (κ2) is 7.27. The lowest BCUT2D eigenvalue weighted by molar-refractivity contribution is -0.138. The fraction of sp³-hybridized carbons (Fsp3) is 0.182. The SMILES string of the molecule is Cc1cc(-c2cc(N)cc(C(F)(F)F)c2)c(C)cc1-c1cc(N)cc(C(F)(F)F)c1. The Balaban J connectivity index is 2.15. The molecule has 3 aromatic rings. The number of alkyl halides is 6. The average Bonchev–Trinajstić information content (AvgIpc) is 2.60. The van der Waals surface area contributed by atoms with E-state index in [0.717, 1.165) is 24.3 Å². The van der Waals surface area contributed by atoms with Crippen molar-refractivity contribution in [2.45, 2.75) is 26.2 Å². The predicted molar refractivity (Wildman–Crippen MR) is 106 cm³/mol. The Labute approximate surface area is 169 Å². The molecule has 0 unspecified atom stereocenters. The standard InChI is InChI=1S/C22H18F6N2/c1-11-3-20(14-6-16(22(26,27)28)10-18(30)8-14)12(2)4-19(11)13-5-15(21(23,24)25)9-17(29)7-13/h3-10H,29-30H2,1-2H3. The van der Waals surface area contributed by atoms with Crippen molar-refractivity contribution in [1.82, 2.24) is 0 Å². The number of benzene rings is 3. The Bertz CT molecular complexity index is 1020. The first-order valence-corrected chi connectivity index (χ1v) is 8.83. The van der Waals surface area contributed by atoms with Crippen LogP contribution in [-0.4, -0.2) is 0 Å². The summed E-state index contributed by atoms with van der Waals surface area (Å²) in [7, 11) is 0. The molecule has 0 saturated carbocycles. The van der Waals surface area contributed by atoms with Gasteiger partial charge in [0.2, 0.25) is 0 Å². The van der Waals surface area contributed by atoms with Crippen molar-refractivity contribution >= 4 is 11.4 Å². The summed E-state index contributed by atoms with van der Waals surface area (Å²) < 4.78 is 78.8. The molecule has 8 heteroatoms. The van der Waals surface area contributed by atoms with E-state index in [-0.39, 0.29) is 22.5 Å². The van der Waals surface area contributed by atoms with Crippen LogP contribution in [0.25, 0.3) is 22.3 Å². The highest BCUT2D eigenvalue weighted by Crippen LogP contribution is 2.39. The molecule has 0 radical (unpaired) electrons. The average molecular weight is 424 g/mol. The monoisotopic (exact) mass is 424 g/mol. The van der Waals surface area contributed by atoms with Gasteiger partial charge in [-0.15, -0.1) is 0 Å². The van der Waals surface area contributed by atoms with Crippen LogP contribution in [0.4, 0.5) is 37.7 Å². The van der Waals surface area contributed by atoms with E-state index in [4.69, 9.17) is 11.5 Å². The topological polar surface area (TPSA) is 52.0 Å². The fourth-order valence-corrected chi connectivity index (χ4v) is 3.38. The second-order valence-corrected chi connectivity index (χ2v) is 7.16. The Morgan fingerprint density at radius 3 is 1.17 bits per heavy atom. The van der Waals surface area contributed by atoms with E-state index in [2.05, 4.69) is 0 Å². The molecule has 0 bridgehead atoms. The molecule has 3 rings (SSSR count). The number of aryl methyl sites for hydroxylation is 2.